The number of aromatic nitrogens is 2. The summed E-state index contributed by atoms with van der Waals surface area (Å²) in [6.45, 7) is 3.54. The van der Waals surface area contributed by atoms with E-state index in [1.54, 1.807) is 31.7 Å². The molecule has 2 rings (SSSR count). The van der Waals surface area contributed by atoms with Gasteiger partial charge >= 0.3 is 0 Å². The average molecular weight is 226 g/mol. The largest absolute Gasteiger partial charge is 0.299 e. The zero-order chi connectivity index (χ0) is 12.3. The van der Waals surface area contributed by atoms with Gasteiger partial charge in [0, 0.05) is 24.8 Å². The molecule has 0 aliphatic heterocycles. The van der Waals surface area contributed by atoms with E-state index >= 15 is 0 Å². The summed E-state index contributed by atoms with van der Waals surface area (Å²) in [5.74, 6) is 0.106. The van der Waals surface area contributed by atoms with E-state index in [-0.39, 0.29) is 5.78 Å². The van der Waals surface area contributed by atoms with Crippen LogP contribution in [0.1, 0.15) is 25.0 Å². The zero-order valence-corrected chi connectivity index (χ0v) is 9.92. The van der Waals surface area contributed by atoms with Crippen molar-refractivity contribution in [3.63, 3.8) is 0 Å². The molecule has 0 fully saturated rings. The SMILES string of the molecule is CC(=O)C(C)(c1ccncc1)c1ccncc1. The van der Waals surface area contributed by atoms with E-state index in [0.717, 1.165) is 11.1 Å². The highest BCUT2D eigenvalue weighted by atomic mass is 16.1. The third-order valence-electron chi connectivity index (χ3n) is 3.22. The number of ketones is 1. The van der Waals surface area contributed by atoms with Crippen LogP contribution in [0.25, 0.3) is 0 Å². The average Bonchev–Trinajstić information content (AvgIpc) is 2.39. The van der Waals surface area contributed by atoms with Crippen molar-refractivity contribution in [3.8, 4) is 0 Å². The topological polar surface area (TPSA) is 42.9 Å². The summed E-state index contributed by atoms with van der Waals surface area (Å²) in [6.07, 6.45) is 6.82. The second-order valence-electron chi connectivity index (χ2n) is 4.15. The molecule has 3 nitrogen and oxygen atoms in total. The first kappa shape index (κ1) is 11.5. The molecule has 2 heterocycles. The van der Waals surface area contributed by atoms with Crippen molar-refractivity contribution in [2.45, 2.75) is 19.3 Å². The molecule has 0 bridgehead atoms. The van der Waals surface area contributed by atoms with Crippen LogP contribution >= 0.6 is 0 Å². The molecule has 0 aliphatic rings. The summed E-state index contributed by atoms with van der Waals surface area (Å²) >= 11 is 0. The van der Waals surface area contributed by atoms with Gasteiger partial charge < -0.3 is 0 Å². The minimum atomic E-state index is -0.633. The van der Waals surface area contributed by atoms with E-state index in [1.807, 2.05) is 31.2 Å². The maximum absolute atomic E-state index is 12.0. The van der Waals surface area contributed by atoms with Crippen LogP contribution in [0.5, 0.6) is 0 Å². The number of pyridine rings is 2. The highest BCUT2D eigenvalue weighted by molar-refractivity contribution is 5.91. The number of rotatable bonds is 3. The van der Waals surface area contributed by atoms with E-state index in [4.69, 9.17) is 0 Å². The van der Waals surface area contributed by atoms with Gasteiger partial charge in [0.1, 0.15) is 5.78 Å². The lowest BCUT2D eigenvalue weighted by atomic mass is 9.74. The van der Waals surface area contributed by atoms with Crippen molar-refractivity contribution >= 4 is 5.78 Å². The number of hydrogen-bond acceptors (Lipinski definition) is 3. The van der Waals surface area contributed by atoms with Crippen LogP contribution in [0.4, 0.5) is 0 Å². The lowest BCUT2D eigenvalue weighted by Gasteiger charge is -2.27. The number of hydrogen-bond donors (Lipinski definition) is 0. The van der Waals surface area contributed by atoms with Crippen LogP contribution in [0, 0.1) is 0 Å². The molecule has 0 aliphatic carbocycles. The van der Waals surface area contributed by atoms with Crippen molar-refractivity contribution in [2.24, 2.45) is 0 Å². The van der Waals surface area contributed by atoms with Gasteiger partial charge in [-0.1, -0.05) is 0 Å². The first-order valence-corrected chi connectivity index (χ1v) is 5.47. The van der Waals surface area contributed by atoms with Crippen molar-refractivity contribution in [2.75, 3.05) is 0 Å². The standard InChI is InChI=1S/C14H14N2O/c1-11(17)14(2,12-3-7-15-8-4-12)13-5-9-16-10-6-13/h3-10H,1-2H3. The Morgan fingerprint density at radius 3 is 1.59 bits per heavy atom. The number of carbonyl (C=O) groups excluding carboxylic acids is 1. The maximum Gasteiger partial charge on any atom is 0.144 e. The first-order valence-electron chi connectivity index (χ1n) is 5.47. The Labute approximate surface area is 101 Å². The van der Waals surface area contributed by atoms with Crippen LogP contribution in [0.15, 0.2) is 49.1 Å². The van der Waals surface area contributed by atoms with Gasteiger partial charge in [0.05, 0.1) is 5.41 Å². The fraction of sp³-hybridized carbons (Fsp3) is 0.214. The van der Waals surface area contributed by atoms with E-state index < -0.39 is 5.41 Å². The molecule has 0 amide bonds. The van der Waals surface area contributed by atoms with Crippen LogP contribution in [-0.4, -0.2) is 15.8 Å². The summed E-state index contributed by atoms with van der Waals surface area (Å²) in [4.78, 5) is 20.0. The Hall–Kier alpha value is -2.03. The molecule has 0 saturated carbocycles. The minimum absolute atomic E-state index is 0.106. The molecule has 0 radical (unpaired) electrons. The van der Waals surface area contributed by atoms with E-state index in [0.29, 0.717) is 0 Å². The van der Waals surface area contributed by atoms with Crippen LogP contribution in [-0.2, 0) is 10.2 Å². The fourth-order valence-corrected chi connectivity index (χ4v) is 1.94. The van der Waals surface area contributed by atoms with Gasteiger partial charge in [0.25, 0.3) is 0 Å². The third-order valence-corrected chi connectivity index (χ3v) is 3.22. The van der Waals surface area contributed by atoms with Gasteiger partial charge in [-0.05, 0) is 49.2 Å². The van der Waals surface area contributed by atoms with Crippen molar-refractivity contribution in [1.29, 1.82) is 0 Å². The lowest BCUT2D eigenvalue weighted by Crippen LogP contribution is -2.32. The molecule has 0 aromatic carbocycles. The normalized spacial score (nSPS) is 11.2. The molecule has 0 N–H and O–H groups in total. The summed E-state index contributed by atoms with van der Waals surface area (Å²) < 4.78 is 0. The van der Waals surface area contributed by atoms with Crippen LogP contribution in [0.2, 0.25) is 0 Å². The monoisotopic (exact) mass is 226 g/mol. The Bertz CT molecular complexity index is 469. The third kappa shape index (κ3) is 1.96. The van der Waals surface area contributed by atoms with E-state index in [9.17, 15) is 4.79 Å². The van der Waals surface area contributed by atoms with Crippen molar-refractivity contribution < 1.29 is 4.79 Å². The number of nitrogens with zero attached hydrogens (tertiary/aromatic N) is 2. The molecular formula is C14H14N2O. The zero-order valence-electron chi connectivity index (χ0n) is 9.92. The van der Waals surface area contributed by atoms with Gasteiger partial charge in [-0.3, -0.25) is 14.8 Å². The molecule has 0 saturated heterocycles. The minimum Gasteiger partial charge on any atom is -0.299 e. The summed E-state index contributed by atoms with van der Waals surface area (Å²) in [5, 5.41) is 0. The Morgan fingerprint density at radius 2 is 1.29 bits per heavy atom. The molecule has 3 heteroatoms. The predicted molar refractivity (Wildman–Crippen MR) is 65.6 cm³/mol. The van der Waals surface area contributed by atoms with Gasteiger partial charge in [-0.2, -0.15) is 0 Å². The highest BCUT2D eigenvalue weighted by Crippen LogP contribution is 2.32. The van der Waals surface area contributed by atoms with Crippen molar-refractivity contribution in [3.05, 3.63) is 60.2 Å². The van der Waals surface area contributed by atoms with Gasteiger partial charge in [-0.25, -0.2) is 0 Å². The molecule has 0 unspecified atom stereocenters. The van der Waals surface area contributed by atoms with Crippen molar-refractivity contribution in [1.82, 2.24) is 9.97 Å². The second-order valence-corrected chi connectivity index (χ2v) is 4.15. The quantitative estimate of drug-likeness (QED) is 0.807. The molecular weight excluding hydrogens is 212 g/mol. The molecule has 17 heavy (non-hydrogen) atoms. The number of Topliss-reactive ketones (excluding diaryl/α,β-unsaturated/α-hetero) is 1. The summed E-state index contributed by atoms with van der Waals surface area (Å²) in [7, 11) is 0. The molecule has 2 aromatic rings. The maximum atomic E-state index is 12.0. The Morgan fingerprint density at radius 1 is 0.941 bits per heavy atom. The highest BCUT2D eigenvalue weighted by Gasteiger charge is 2.33. The number of carbonyl (C=O) groups is 1. The van der Waals surface area contributed by atoms with Gasteiger partial charge in [0.15, 0.2) is 0 Å². The van der Waals surface area contributed by atoms with Gasteiger partial charge in [0.2, 0.25) is 0 Å². The summed E-state index contributed by atoms with van der Waals surface area (Å²) in [6, 6.07) is 7.51. The smallest absolute Gasteiger partial charge is 0.144 e. The lowest BCUT2D eigenvalue weighted by molar-refractivity contribution is -0.120. The predicted octanol–water partition coefficient (Wildman–Crippen LogP) is 2.37. The fourth-order valence-electron chi connectivity index (χ4n) is 1.94. The molecule has 0 atom stereocenters. The second kappa shape index (κ2) is 4.45. The van der Waals surface area contributed by atoms with Gasteiger partial charge in [-0.15, -0.1) is 0 Å². The first-order chi connectivity index (χ1) is 8.15. The molecule has 0 spiro atoms. The van der Waals surface area contributed by atoms with Crippen LogP contribution in [0.3, 0.4) is 0 Å². The Balaban J connectivity index is 2.59. The molecule has 2 aromatic heterocycles. The summed E-state index contributed by atoms with van der Waals surface area (Å²) in [5.41, 5.74) is 1.27. The Kier molecular flexibility index (Phi) is 3.00. The van der Waals surface area contributed by atoms with E-state index in [2.05, 4.69) is 9.97 Å². The van der Waals surface area contributed by atoms with Crippen LogP contribution < -0.4 is 0 Å². The molecule has 86 valence electrons. The van der Waals surface area contributed by atoms with E-state index in [1.165, 1.54) is 0 Å².